The molecular weight excluding hydrogens is 238 g/mol. The summed E-state index contributed by atoms with van der Waals surface area (Å²) in [4.78, 5) is 0. The highest BCUT2D eigenvalue weighted by molar-refractivity contribution is 5.88. The average Bonchev–Trinajstić information content (AvgIpc) is 2.60. The molecule has 0 aliphatic carbocycles. The van der Waals surface area contributed by atoms with Crippen molar-refractivity contribution in [3.63, 3.8) is 0 Å². The summed E-state index contributed by atoms with van der Waals surface area (Å²) in [5, 5.41) is 12.0. The van der Waals surface area contributed by atoms with Crippen LogP contribution in [0.25, 0.3) is 10.8 Å². The summed E-state index contributed by atoms with van der Waals surface area (Å²) in [7, 11) is 0. The van der Waals surface area contributed by atoms with Crippen molar-refractivity contribution in [2.24, 2.45) is 0 Å². The SMILES string of the molecule is [2H]c1c([2H])c([2H])c2c(OCC([2H])(O)C([2H])([2H])NC(C)C)c([2H])c([2H])c([2H])c2c1[2H]. The smallest absolute Gasteiger partial charge is 0.127 e. The van der Waals surface area contributed by atoms with Gasteiger partial charge in [0.1, 0.15) is 18.4 Å². The van der Waals surface area contributed by atoms with Gasteiger partial charge < -0.3 is 15.2 Å². The molecule has 19 heavy (non-hydrogen) atoms. The van der Waals surface area contributed by atoms with Gasteiger partial charge in [-0.1, -0.05) is 50.1 Å². The predicted octanol–water partition coefficient (Wildman–Crippen LogP) is 2.58. The molecule has 0 aliphatic rings. The molecule has 0 radical (unpaired) electrons. The van der Waals surface area contributed by atoms with E-state index in [1.54, 1.807) is 13.8 Å². The van der Waals surface area contributed by atoms with Crippen LogP contribution in [0.2, 0.25) is 0 Å². The summed E-state index contributed by atoms with van der Waals surface area (Å²) >= 11 is 0. The van der Waals surface area contributed by atoms with Crippen LogP contribution in [0, 0.1) is 0 Å². The Labute approximate surface area is 128 Å². The van der Waals surface area contributed by atoms with E-state index in [2.05, 4.69) is 5.32 Å². The molecule has 0 saturated carbocycles. The molecule has 2 rings (SSSR count). The molecule has 102 valence electrons. The summed E-state index contributed by atoms with van der Waals surface area (Å²) < 4.78 is 84.5. The maximum atomic E-state index is 10.3. The van der Waals surface area contributed by atoms with Crippen LogP contribution in [0.15, 0.2) is 42.3 Å². The molecule has 1 atom stereocenters. The Kier molecular flexibility index (Phi) is 2.00. The van der Waals surface area contributed by atoms with Crippen molar-refractivity contribution >= 4 is 10.8 Å². The second-order valence-electron chi connectivity index (χ2n) is 4.11. The number of aliphatic hydroxyl groups is 1. The lowest BCUT2D eigenvalue weighted by molar-refractivity contribution is 0.105. The van der Waals surface area contributed by atoms with Gasteiger partial charge in [0, 0.05) is 20.7 Å². The third kappa shape index (κ3) is 3.94. The number of hydrogen-bond donors (Lipinski definition) is 2. The van der Waals surface area contributed by atoms with Crippen molar-refractivity contribution in [2.75, 3.05) is 13.1 Å². The third-order valence-electron chi connectivity index (χ3n) is 2.14. The summed E-state index contributed by atoms with van der Waals surface area (Å²) in [6, 6.07) is -4.76. The minimum atomic E-state index is -2.83. The Morgan fingerprint density at radius 1 is 1.32 bits per heavy atom. The number of hydrogen-bond acceptors (Lipinski definition) is 3. The van der Waals surface area contributed by atoms with Crippen LogP contribution >= 0.6 is 0 Å². The zero-order chi connectivity index (χ0) is 22.5. The molecule has 0 fully saturated rings. The van der Waals surface area contributed by atoms with E-state index < -0.39 is 73.3 Å². The number of benzene rings is 2. The molecule has 0 saturated heterocycles. The molecule has 0 spiro atoms. The molecular formula is C16H21NO2. The van der Waals surface area contributed by atoms with E-state index in [1.165, 1.54) is 0 Å². The van der Waals surface area contributed by atoms with Gasteiger partial charge in [0.15, 0.2) is 0 Å². The molecule has 0 heterocycles. The molecule has 1 unspecified atom stereocenters. The zero-order valence-corrected chi connectivity index (χ0v) is 10.6. The van der Waals surface area contributed by atoms with Crippen molar-refractivity contribution < 1.29 is 23.6 Å². The largest absolute Gasteiger partial charge is 0.490 e. The molecule has 2 aromatic carbocycles. The zero-order valence-electron chi connectivity index (χ0n) is 20.6. The fraction of sp³-hybridized carbons (Fsp3) is 0.375. The van der Waals surface area contributed by atoms with Crippen molar-refractivity contribution in [2.45, 2.75) is 26.0 Å². The lowest BCUT2D eigenvalue weighted by atomic mass is 10.1. The van der Waals surface area contributed by atoms with Gasteiger partial charge in [0.25, 0.3) is 0 Å². The van der Waals surface area contributed by atoms with Gasteiger partial charge in [0.05, 0.1) is 11.0 Å². The van der Waals surface area contributed by atoms with Crippen LogP contribution in [0.5, 0.6) is 5.75 Å². The lowest BCUT2D eigenvalue weighted by Gasteiger charge is -2.15. The van der Waals surface area contributed by atoms with Crippen molar-refractivity contribution in [1.82, 2.24) is 5.32 Å². The Bertz CT molecular complexity index is 953. The molecule has 0 bridgehead atoms. The van der Waals surface area contributed by atoms with E-state index in [-0.39, 0.29) is 10.8 Å². The van der Waals surface area contributed by atoms with Gasteiger partial charge in [-0.15, -0.1) is 0 Å². The average molecular weight is 269 g/mol. The summed E-state index contributed by atoms with van der Waals surface area (Å²) in [5.41, 5.74) is 0. The van der Waals surface area contributed by atoms with Crippen molar-refractivity contribution in [3.8, 4) is 5.75 Å². The topological polar surface area (TPSA) is 41.5 Å². The molecule has 0 aromatic heterocycles. The standard InChI is InChI=1S/C16H21NO2/c1-12(2)17-10-14(18)11-19-16-9-5-7-13-6-3-4-8-15(13)16/h3-9,12,14,17-18H,10-11H2,1-2H3/i3D,4D,5D,6D,7D,8D,9D,10D2,14D. The molecule has 3 heteroatoms. The van der Waals surface area contributed by atoms with Crippen molar-refractivity contribution in [3.05, 3.63) is 42.3 Å². The van der Waals surface area contributed by atoms with E-state index in [1.807, 2.05) is 0 Å². The monoisotopic (exact) mass is 269 g/mol. The maximum Gasteiger partial charge on any atom is 0.127 e. The normalized spacial score (nSPS) is 22.7. The Hall–Kier alpha value is -1.58. The quantitative estimate of drug-likeness (QED) is 0.847. The minimum Gasteiger partial charge on any atom is -0.490 e. The molecule has 2 aromatic rings. The second-order valence-corrected chi connectivity index (χ2v) is 4.11. The second kappa shape index (κ2) is 6.55. The first-order valence-electron chi connectivity index (χ1n) is 10.8. The predicted molar refractivity (Wildman–Crippen MR) is 78.6 cm³/mol. The van der Waals surface area contributed by atoms with Crippen LogP contribution in [-0.4, -0.2) is 30.3 Å². The number of nitrogens with one attached hydrogen (secondary N) is 1. The first-order chi connectivity index (χ1) is 13.1. The Morgan fingerprint density at radius 2 is 2.05 bits per heavy atom. The Balaban J connectivity index is 2.65. The minimum absolute atomic E-state index is 0.330. The molecule has 2 N–H and O–H groups in total. The van der Waals surface area contributed by atoms with E-state index >= 15 is 0 Å². The fourth-order valence-corrected chi connectivity index (χ4v) is 1.30. The highest BCUT2D eigenvalue weighted by Crippen LogP contribution is 2.25. The molecule has 3 nitrogen and oxygen atoms in total. The van der Waals surface area contributed by atoms with Gasteiger partial charge in [-0.05, 0) is 11.4 Å². The van der Waals surface area contributed by atoms with Crippen LogP contribution in [-0.2, 0) is 0 Å². The van der Waals surface area contributed by atoms with Gasteiger partial charge in [0.2, 0.25) is 0 Å². The number of fused-ring (bicyclic) bond motifs is 1. The maximum absolute atomic E-state index is 10.3. The third-order valence-corrected chi connectivity index (χ3v) is 2.14. The number of rotatable bonds is 6. The highest BCUT2D eigenvalue weighted by Gasteiger charge is 2.07. The molecule has 0 aliphatic heterocycles. The highest BCUT2D eigenvalue weighted by atomic mass is 16.5. The van der Waals surface area contributed by atoms with Gasteiger partial charge in [-0.2, -0.15) is 0 Å². The first kappa shape index (κ1) is 5.81. The van der Waals surface area contributed by atoms with Crippen LogP contribution in [0.3, 0.4) is 0 Å². The van der Waals surface area contributed by atoms with E-state index in [0.29, 0.717) is 0 Å². The fourth-order valence-electron chi connectivity index (χ4n) is 1.30. The molecule has 0 amide bonds. The first-order valence-corrected chi connectivity index (χ1v) is 5.76. The lowest BCUT2D eigenvalue weighted by Crippen LogP contribution is -2.35. The van der Waals surface area contributed by atoms with E-state index in [0.717, 1.165) is 0 Å². The van der Waals surface area contributed by atoms with Gasteiger partial charge >= 0.3 is 0 Å². The van der Waals surface area contributed by atoms with Gasteiger partial charge in [-0.3, -0.25) is 0 Å². The van der Waals surface area contributed by atoms with Crippen molar-refractivity contribution in [1.29, 1.82) is 0 Å². The Morgan fingerprint density at radius 3 is 2.84 bits per heavy atom. The summed E-state index contributed by atoms with van der Waals surface area (Å²) in [5.74, 6) is -0.529. The van der Waals surface area contributed by atoms with E-state index in [9.17, 15) is 5.11 Å². The van der Waals surface area contributed by atoms with Gasteiger partial charge in [-0.25, -0.2) is 0 Å². The van der Waals surface area contributed by atoms with Crippen LogP contribution in [0.1, 0.15) is 27.6 Å². The summed E-state index contributed by atoms with van der Waals surface area (Å²) in [6.07, 6.45) is -2.83. The summed E-state index contributed by atoms with van der Waals surface area (Å²) in [6.45, 7) is -0.391. The van der Waals surface area contributed by atoms with Crippen LogP contribution < -0.4 is 10.1 Å². The van der Waals surface area contributed by atoms with Crippen LogP contribution in [0.4, 0.5) is 0 Å². The number of ether oxygens (including phenoxy) is 1. The van der Waals surface area contributed by atoms with E-state index in [4.69, 9.17) is 18.4 Å².